The second-order valence-electron chi connectivity index (χ2n) is 4.80. The van der Waals surface area contributed by atoms with Gasteiger partial charge in [-0.05, 0) is 48.4 Å². The molecule has 2 N–H and O–H groups in total. The Morgan fingerprint density at radius 2 is 1.88 bits per heavy atom. The lowest BCUT2D eigenvalue weighted by Crippen LogP contribution is -2.07. The molecule has 1 aliphatic rings. The Morgan fingerprint density at radius 3 is 2.29 bits per heavy atom. The second-order valence-corrected chi connectivity index (χ2v) is 4.80. The molecule has 17 heavy (non-hydrogen) atoms. The highest BCUT2D eigenvalue weighted by molar-refractivity contribution is 5.28. The van der Waals surface area contributed by atoms with Crippen molar-refractivity contribution in [2.45, 2.75) is 25.4 Å². The highest BCUT2D eigenvalue weighted by Gasteiger charge is 2.40. The van der Waals surface area contributed by atoms with Gasteiger partial charge >= 0.3 is 6.18 Å². The lowest BCUT2D eigenvalue weighted by molar-refractivity contribution is -0.137. The predicted octanol–water partition coefficient (Wildman–Crippen LogP) is 3.40. The summed E-state index contributed by atoms with van der Waals surface area (Å²) in [6.45, 7) is 2.73. The molecule has 0 radical (unpaired) electrons. The van der Waals surface area contributed by atoms with Crippen LogP contribution in [0.15, 0.2) is 24.3 Å². The largest absolute Gasteiger partial charge is 0.416 e. The number of halogens is 3. The summed E-state index contributed by atoms with van der Waals surface area (Å²) < 4.78 is 37.2. The molecule has 1 aliphatic carbocycles. The molecular formula is C13H16F3N. The van der Waals surface area contributed by atoms with Gasteiger partial charge in [0.25, 0.3) is 0 Å². The van der Waals surface area contributed by atoms with E-state index in [0.717, 1.165) is 24.1 Å². The van der Waals surface area contributed by atoms with Crippen LogP contribution in [0.1, 0.15) is 30.4 Å². The average molecular weight is 243 g/mol. The van der Waals surface area contributed by atoms with Crippen molar-refractivity contribution in [3.05, 3.63) is 35.4 Å². The Balaban J connectivity index is 2.08. The molecule has 0 spiro atoms. The van der Waals surface area contributed by atoms with Crippen LogP contribution in [-0.4, -0.2) is 6.54 Å². The number of hydrogen-bond acceptors (Lipinski definition) is 1. The standard InChI is InChI=1S/C13H16F3N/c1-8(12-6-10(12)7-17)9-2-4-11(5-3-9)13(14,15)16/h2-5,8,10,12H,6-7,17H2,1H3/t8?,10-,12-/m0/s1. The van der Waals surface area contributed by atoms with E-state index in [4.69, 9.17) is 5.73 Å². The summed E-state index contributed by atoms with van der Waals surface area (Å²) >= 11 is 0. The van der Waals surface area contributed by atoms with Crippen molar-refractivity contribution < 1.29 is 13.2 Å². The summed E-state index contributed by atoms with van der Waals surface area (Å²) in [4.78, 5) is 0. The minimum atomic E-state index is -4.25. The third-order valence-corrected chi connectivity index (χ3v) is 3.69. The molecular weight excluding hydrogens is 227 g/mol. The van der Waals surface area contributed by atoms with Crippen LogP contribution in [0.4, 0.5) is 13.2 Å². The lowest BCUT2D eigenvalue weighted by Gasteiger charge is -2.13. The van der Waals surface area contributed by atoms with Gasteiger partial charge in [0.15, 0.2) is 0 Å². The summed E-state index contributed by atoms with van der Waals surface area (Å²) in [5.41, 5.74) is 5.96. The zero-order valence-corrected chi connectivity index (χ0v) is 9.67. The van der Waals surface area contributed by atoms with Crippen molar-refractivity contribution in [2.75, 3.05) is 6.54 Å². The Morgan fingerprint density at radius 1 is 1.29 bits per heavy atom. The van der Waals surface area contributed by atoms with Gasteiger partial charge in [0.1, 0.15) is 0 Å². The molecule has 3 atom stereocenters. The van der Waals surface area contributed by atoms with Crippen LogP contribution in [0.3, 0.4) is 0 Å². The van der Waals surface area contributed by atoms with Crippen molar-refractivity contribution in [3.63, 3.8) is 0 Å². The smallest absolute Gasteiger partial charge is 0.330 e. The van der Waals surface area contributed by atoms with E-state index in [0.29, 0.717) is 24.3 Å². The van der Waals surface area contributed by atoms with Gasteiger partial charge in [-0.25, -0.2) is 0 Å². The van der Waals surface area contributed by atoms with E-state index in [2.05, 4.69) is 6.92 Å². The number of rotatable bonds is 3. The molecule has 2 rings (SSSR count). The maximum Gasteiger partial charge on any atom is 0.416 e. The summed E-state index contributed by atoms with van der Waals surface area (Å²) in [7, 11) is 0. The Bertz CT molecular complexity index is 383. The van der Waals surface area contributed by atoms with Gasteiger partial charge in [0.05, 0.1) is 5.56 Å². The first kappa shape index (κ1) is 12.4. The molecule has 1 fully saturated rings. The normalized spacial score (nSPS) is 25.7. The molecule has 0 saturated heterocycles. The molecule has 1 nitrogen and oxygen atoms in total. The zero-order chi connectivity index (χ0) is 12.6. The van der Waals surface area contributed by atoms with Gasteiger partial charge in [-0.3, -0.25) is 0 Å². The van der Waals surface area contributed by atoms with Crippen molar-refractivity contribution >= 4 is 0 Å². The van der Waals surface area contributed by atoms with Crippen molar-refractivity contribution in [3.8, 4) is 0 Å². The summed E-state index contributed by atoms with van der Waals surface area (Å²) in [5, 5.41) is 0. The first-order valence-electron chi connectivity index (χ1n) is 5.80. The summed E-state index contributed by atoms with van der Waals surface area (Å²) in [5.74, 6) is 1.38. The molecule has 1 aromatic carbocycles. The molecule has 1 unspecified atom stereocenters. The highest BCUT2D eigenvalue weighted by Crippen LogP contribution is 2.47. The maximum absolute atomic E-state index is 12.4. The van der Waals surface area contributed by atoms with Crippen LogP contribution in [0, 0.1) is 11.8 Å². The predicted molar refractivity (Wildman–Crippen MR) is 60.5 cm³/mol. The Hall–Kier alpha value is -1.03. The van der Waals surface area contributed by atoms with Crippen molar-refractivity contribution in [1.29, 1.82) is 0 Å². The van der Waals surface area contributed by atoms with Gasteiger partial charge in [-0.15, -0.1) is 0 Å². The molecule has 0 heterocycles. The Labute approximate surface area is 98.8 Å². The first-order chi connectivity index (χ1) is 7.93. The van der Waals surface area contributed by atoms with Gasteiger partial charge in [-0.2, -0.15) is 13.2 Å². The number of benzene rings is 1. The lowest BCUT2D eigenvalue weighted by atomic mass is 9.94. The fourth-order valence-corrected chi connectivity index (χ4v) is 2.38. The number of alkyl halides is 3. The van der Waals surface area contributed by atoms with Gasteiger partial charge in [0, 0.05) is 0 Å². The minimum absolute atomic E-state index is 0.297. The SMILES string of the molecule is CC(c1ccc(C(F)(F)F)cc1)[C@@H]1C[C@H]1CN. The number of hydrogen-bond donors (Lipinski definition) is 1. The van der Waals surface area contributed by atoms with Crippen molar-refractivity contribution in [2.24, 2.45) is 17.6 Å². The molecule has 1 aromatic rings. The zero-order valence-electron chi connectivity index (χ0n) is 9.67. The van der Waals surface area contributed by atoms with Crippen LogP contribution in [0.5, 0.6) is 0 Å². The van der Waals surface area contributed by atoms with E-state index in [1.807, 2.05) is 0 Å². The van der Waals surface area contributed by atoms with E-state index >= 15 is 0 Å². The van der Waals surface area contributed by atoms with Gasteiger partial charge < -0.3 is 5.73 Å². The summed E-state index contributed by atoms with van der Waals surface area (Å²) in [6, 6.07) is 5.48. The number of nitrogens with two attached hydrogens (primary N) is 1. The molecule has 4 heteroatoms. The van der Waals surface area contributed by atoms with Crippen LogP contribution < -0.4 is 5.73 Å². The molecule has 94 valence electrons. The third-order valence-electron chi connectivity index (χ3n) is 3.69. The fourth-order valence-electron chi connectivity index (χ4n) is 2.38. The van der Waals surface area contributed by atoms with Crippen LogP contribution in [-0.2, 0) is 6.18 Å². The van der Waals surface area contributed by atoms with Crippen LogP contribution in [0.25, 0.3) is 0 Å². The Kier molecular flexibility index (Phi) is 3.17. The van der Waals surface area contributed by atoms with Crippen LogP contribution >= 0.6 is 0 Å². The van der Waals surface area contributed by atoms with E-state index < -0.39 is 11.7 Å². The van der Waals surface area contributed by atoms with E-state index in [9.17, 15) is 13.2 Å². The molecule has 0 bridgehead atoms. The summed E-state index contributed by atoms with van der Waals surface area (Å²) in [6.07, 6.45) is -3.15. The highest BCUT2D eigenvalue weighted by atomic mass is 19.4. The molecule has 0 amide bonds. The monoisotopic (exact) mass is 243 g/mol. The molecule has 1 saturated carbocycles. The van der Waals surface area contributed by atoms with Crippen LogP contribution in [0.2, 0.25) is 0 Å². The van der Waals surface area contributed by atoms with E-state index in [1.54, 1.807) is 12.1 Å². The molecule has 0 aliphatic heterocycles. The van der Waals surface area contributed by atoms with Crippen molar-refractivity contribution in [1.82, 2.24) is 0 Å². The minimum Gasteiger partial charge on any atom is -0.330 e. The van der Waals surface area contributed by atoms with E-state index in [-0.39, 0.29) is 0 Å². The van der Waals surface area contributed by atoms with Gasteiger partial charge in [0.2, 0.25) is 0 Å². The second kappa shape index (κ2) is 4.33. The average Bonchev–Trinajstić information content (AvgIpc) is 3.06. The maximum atomic E-state index is 12.4. The van der Waals surface area contributed by atoms with Gasteiger partial charge in [-0.1, -0.05) is 19.1 Å². The fraction of sp³-hybridized carbons (Fsp3) is 0.538. The first-order valence-corrected chi connectivity index (χ1v) is 5.80. The third kappa shape index (κ3) is 2.63. The quantitative estimate of drug-likeness (QED) is 0.865. The topological polar surface area (TPSA) is 26.0 Å². The molecule has 0 aromatic heterocycles. The van der Waals surface area contributed by atoms with E-state index in [1.165, 1.54) is 0 Å².